The molecule has 1 aromatic carbocycles. The second kappa shape index (κ2) is 3.63. The van der Waals surface area contributed by atoms with Crippen molar-refractivity contribution < 1.29 is 4.79 Å². The zero-order valence-corrected chi connectivity index (χ0v) is 8.84. The average Bonchev–Trinajstić information content (AvgIpc) is 2.66. The zero-order chi connectivity index (χ0) is 11.0. The van der Waals surface area contributed by atoms with Gasteiger partial charge in [0.15, 0.2) is 0 Å². The van der Waals surface area contributed by atoms with Crippen LogP contribution in [0.5, 0.6) is 0 Å². The fraction of sp³-hybridized carbons (Fsp3) is 0.214. The Kier molecular flexibility index (Phi) is 2.13. The maximum Gasteiger partial charge on any atom is 0.207 e. The van der Waals surface area contributed by atoms with Crippen LogP contribution in [-0.4, -0.2) is 6.41 Å². The molecule has 0 fully saturated rings. The number of hydrogen-bond acceptors (Lipinski definition) is 1. The van der Waals surface area contributed by atoms with Crippen LogP contribution in [0, 0.1) is 5.92 Å². The Morgan fingerprint density at radius 2 is 1.81 bits per heavy atom. The molecule has 16 heavy (non-hydrogen) atoms. The first-order valence-electron chi connectivity index (χ1n) is 5.55. The summed E-state index contributed by atoms with van der Waals surface area (Å²) < 4.78 is 0. The van der Waals surface area contributed by atoms with Gasteiger partial charge in [-0.05, 0) is 11.1 Å². The molecule has 0 heterocycles. The van der Waals surface area contributed by atoms with Gasteiger partial charge in [-0.1, -0.05) is 48.6 Å². The normalized spacial score (nSPS) is 29.6. The van der Waals surface area contributed by atoms with E-state index in [-0.39, 0.29) is 6.04 Å². The average molecular weight is 211 g/mol. The molecule has 0 saturated carbocycles. The molecule has 3 atom stereocenters. The van der Waals surface area contributed by atoms with Crippen molar-refractivity contribution in [3.63, 3.8) is 0 Å². The number of rotatable bonds is 2. The third-order valence-electron chi connectivity index (χ3n) is 3.50. The van der Waals surface area contributed by atoms with Crippen LogP contribution in [0.25, 0.3) is 0 Å². The third kappa shape index (κ3) is 1.23. The minimum absolute atomic E-state index is 0.125. The molecule has 0 radical (unpaired) electrons. The van der Waals surface area contributed by atoms with Crippen LogP contribution in [-0.2, 0) is 4.79 Å². The Morgan fingerprint density at radius 3 is 2.62 bits per heavy atom. The molecule has 1 aromatic rings. The van der Waals surface area contributed by atoms with E-state index >= 15 is 0 Å². The highest BCUT2D eigenvalue weighted by atomic mass is 16.1. The summed E-state index contributed by atoms with van der Waals surface area (Å²) >= 11 is 0. The van der Waals surface area contributed by atoms with Gasteiger partial charge in [0.1, 0.15) is 0 Å². The Labute approximate surface area is 94.7 Å². The maximum atomic E-state index is 10.7. The topological polar surface area (TPSA) is 29.1 Å². The Hall–Kier alpha value is -1.83. The predicted octanol–water partition coefficient (Wildman–Crippen LogP) is 2.31. The first kappa shape index (κ1) is 9.40. The van der Waals surface area contributed by atoms with Crippen LogP contribution in [0.1, 0.15) is 23.1 Å². The van der Waals surface area contributed by atoms with Crippen LogP contribution in [0.3, 0.4) is 0 Å². The van der Waals surface area contributed by atoms with Crippen molar-refractivity contribution in [2.24, 2.45) is 5.92 Å². The molecule has 1 amide bonds. The summed E-state index contributed by atoms with van der Waals surface area (Å²) in [5, 5.41) is 2.93. The van der Waals surface area contributed by atoms with Crippen molar-refractivity contribution in [2.75, 3.05) is 0 Å². The highest BCUT2D eigenvalue weighted by Gasteiger charge is 2.38. The third-order valence-corrected chi connectivity index (χ3v) is 3.50. The lowest BCUT2D eigenvalue weighted by atomic mass is 9.87. The zero-order valence-electron chi connectivity index (χ0n) is 8.84. The second-order valence-corrected chi connectivity index (χ2v) is 4.26. The van der Waals surface area contributed by atoms with E-state index in [1.807, 2.05) is 6.07 Å². The molecule has 1 N–H and O–H groups in total. The lowest BCUT2D eigenvalue weighted by molar-refractivity contribution is -0.110. The lowest BCUT2D eigenvalue weighted by Gasteiger charge is -2.21. The molecular weight excluding hydrogens is 198 g/mol. The van der Waals surface area contributed by atoms with E-state index in [1.165, 1.54) is 11.1 Å². The Bertz CT molecular complexity index is 475. The van der Waals surface area contributed by atoms with Gasteiger partial charge >= 0.3 is 0 Å². The predicted molar refractivity (Wildman–Crippen MR) is 62.9 cm³/mol. The smallest absolute Gasteiger partial charge is 0.207 e. The summed E-state index contributed by atoms with van der Waals surface area (Å²) in [5.74, 6) is 0.784. The second-order valence-electron chi connectivity index (χ2n) is 4.26. The first-order chi connectivity index (χ1) is 7.92. The summed E-state index contributed by atoms with van der Waals surface area (Å²) in [6, 6.07) is 8.48. The lowest BCUT2D eigenvalue weighted by Crippen LogP contribution is -2.24. The number of carbonyl (C=O) groups excluding carboxylic acids is 1. The number of carbonyl (C=O) groups is 1. The summed E-state index contributed by atoms with van der Waals surface area (Å²) in [5.41, 5.74) is 2.59. The summed E-state index contributed by atoms with van der Waals surface area (Å²) in [6.07, 6.45) is 9.35. The molecule has 80 valence electrons. The molecule has 3 unspecified atom stereocenters. The van der Waals surface area contributed by atoms with E-state index in [2.05, 4.69) is 47.8 Å². The number of amides is 1. The molecule has 3 rings (SSSR count). The molecular formula is C14H13NO. The fourth-order valence-corrected chi connectivity index (χ4v) is 2.83. The van der Waals surface area contributed by atoms with E-state index in [0.717, 1.165) is 6.41 Å². The first-order valence-corrected chi connectivity index (χ1v) is 5.55. The van der Waals surface area contributed by atoms with E-state index in [1.54, 1.807) is 0 Å². The quantitative estimate of drug-likeness (QED) is 0.747. The molecule has 2 aliphatic carbocycles. The minimum atomic E-state index is 0.125. The fourth-order valence-electron chi connectivity index (χ4n) is 2.83. The van der Waals surface area contributed by atoms with Crippen molar-refractivity contribution in [1.82, 2.24) is 5.32 Å². The van der Waals surface area contributed by atoms with E-state index < -0.39 is 0 Å². The number of hydrogen-bond donors (Lipinski definition) is 1. The van der Waals surface area contributed by atoms with E-state index in [0.29, 0.717) is 11.8 Å². The van der Waals surface area contributed by atoms with Gasteiger partial charge in [-0.2, -0.15) is 0 Å². The molecule has 0 saturated heterocycles. The van der Waals surface area contributed by atoms with Crippen LogP contribution >= 0.6 is 0 Å². The van der Waals surface area contributed by atoms with Crippen LogP contribution in [0.2, 0.25) is 0 Å². The SMILES string of the molecule is O=CNC1c2ccccc2C2C=CC=CC21. The van der Waals surface area contributed by atoms with Crippen LogP contribution in [0.4, 0.5) is 0 Å². The monoisotopic (exact) mass is 211 g/mol. The van der Waals surface area contributed by atoms with Gasteiger partial charge in [-0.15, -0.1) is 0 Å². The van der Waals surface area contributed by atoms with Gasteiger partial charge in [-0.3, -0.25) is 4.79 Å². The van der Waals surface area contributed by atoms with Crippen molar-refractivity contribution in [3.05, 3.63) is 59.7 Å². The van der Waals surface area contributed by atoms with Crippen molar-refractivity contribution in [2.45, 2.75) is 12.0 Å². The van der Waals surface area contributed by atoms with Gasteiger partial charge < -0.3 is 5.32 Å². The van der Waals surface area contributed by atoms with Gasteiger partial charge in [0.2, 0.25) is 6.41 Å². The minimum Gasteiger partial charge on any atom is -0.351 e. The molecule has 0 aromatic heterocycles. The molecule has 0 spiro atoms. The Morgan fingerprint density at radius 1 is 1.06 bits per heavy atom. The van der Waals surface area contributed by atoms with E-state index in [4.69, 9.17) is 0 Å². The highest BCUT2D eigenvalue weighted by Crippen LogP contribution is 2.47. The van der Waals surface area contributed by atoms with Crippen LogP contribution in [0.15, 0.2) is 48.6 Å². The number of nitrogens with one attached hydrogen (secondary N) is 1. The van der Waals surface area contributed by atoms with Crippen molar-refractivity contribution in [1.29, 1.82) is 0 Å². The summed E-state index contributed by atoms with van der Waals surface area (Å²) in [7, 11) is 0. The van der Waals surface area contributed by atoms with Crippen molar-refractivity contribution >= 4 is 6.41 Å². The molecule has 0 bridgehead atoms. The van der Waals surface area contributed by atoms with Crippen LogP contribution < -0.4 is 5.32 Å². The molecule has 2 nitrogen and oxygen atoms in total. The maximum absolute atomic E-state index is 10.7. The number of allylic oxidation sites excluding steroid dienone is 3. The molecule has 0 aliphatic heterocycles. The van der Waals surface area contributed by atoms with Gasteiger partial charge in [-0.25, -0.2) is 0 Å². The molecule has 2 aliphatic rings. The largest absolute Gasteiger partial charge is 0.351 e. The highest BCUT2D eigenvalue weighted by molar-refractivity contribution is 5.53. The summed E-state index contributed by atoms with van der Waals surface area (Å²) in [6.45, 7) is 0. The number of fused-ring (bicyclic) bond motifs is 3. The summed E-state index contributed by atoms with van der Waals surface area (Å²) in [4.78, 5) is 10.7. The number of benzene rings is 1. The Balaban J connectivity index is 2.10. The standard InChI is InChI=1S/C14H13NO/c16-9-15-14-12-7-3-1-5-10(12)11-6-2-4-8-13(11)14/h1-10,12,14H,(H,15,16). The molecule has 2 heteroatoms. The van der Waals surface area contributed by atoms with Gasteiger partial charge in [0.05, 0.1) is 6.04 Å². The van der Waals surface area contributed by atoms with Crippen molar-refractivity contribution in [3.8, 4) is 0 Å². The van der Waals surface area contributed by atoms with E-state index in [9.17, 15) is 4.79 Å². The van der Waals surface area contributed by atoms with Gasteiger partial charge in [0.25, 0.3) is 0 Å². The van der Waals surface area contributed by atoms with Gasteiger partial charge in [0, 0.05) is 11.8 Å².